The van der Waals surface area contributed by atoms with Gasteiger partial charge >= 0.3 is 0 Å². The Balaban J connectivity index is 1.64. The molecule has 0 aromatic carbocycles. The van der Waals surface area contributed by atoms with Crippen molar-refractivity contribution < 1.29 is 17.4 Å². The van der Waals surface area contributed by atoms with Gasteiger partial charge in [0, 0.05) is 25.7 Å². The van der Waals surface area contributed by atoms with Crippen LogP contribution >= 0.6 is 0 Å². The highest BCUT2D eigenvalue weighted by Crippen LogP contribution is 2.23. The van der Waals surface area contributed by atoms with Gasteiger partial charge in [-0.1, -0.05) is 5.16 Å². The highest BCUT2D eigenvalue weighted by Gasteiger charge is 2.30. The Morgan fingerprint density at radius 1 is 1.26 bits per heavy atom. The van der Waals surface area contributed by atoms with Gasteiger partial charge in [0.05, 0.1) is 12.2 Å². The third-order valence-corrected chi connectivity index (χ3v) is 5.60. The van der Waals surface area contributed by atoms with Crippen molar-refractivity contribution in [3.8, 4) is 0 Å². The fourth-order valence-electron chi connectivity index (χ4n) is 2.73. The second-order valence-electron chi connectivity index (χ2n) is 5.93. The van der Waals surface area contributed by atoms with Gasteiger partial charge in [-0.15, -0.1) is 0 Å². The van der Waals surface area contributed by atoms with Gasteiger partial charge in [-0.05, 0) is 38.9 Å². The first-order valence-corrected chi connectivity index (χ1v) is 9.09. The zero-order valence-electron chi connectivity index (χ0n) is 13.4. The van der Waals surface area contributed by atoms with Crippen molar-refractivity contribution in [2.75, 3.05) is 20.1 Å². The molecular weight excluding hydrogens is 318 g/mol. The van der Waals surface area contributed by atoms with Crippen LogP contribution in [0.1, 0.15) is 30.1 Å². The molecule has 8 heteroatoms. The van der Waals surface area contributed by atoms with Crippen molar-refractivity contribution >= 4 is 10.0 Å². The summed E-state index contributed by atoms with van der Waals surface area (Å²) in [5, 5.41) is 3.97. The normalized spacial score (nSPS) is 16.5. The maximum Gasteiger partial charge on any atom is 0.276 e. The van der Waals surface area contributed by atoms with E-state index in [-0.39, 0.29) is 5.09 Å². The molecule has 7 nitrogen and oxygen atoms in total. The van der Waals surface area contributed by atoms with Gasteiger partial charge in [-0.2, -0.15) is 4.31 Å². The number of aryl methyl sites for hydroxylation is 1. The molecule has 0 amide bonds. The molecule has 0 N–H and O–H groups in total. The van der Waals surface area contributed by atoms with Crippen LogP contribution in [0, 0.1) is 6.92 Å². The zero-order chi connectivity index (χ0) is 16.4. The Morgan fingerprint density at radius 2 is 2.00 bits per heavy atom. The quantitative estimate of drug-likeness (QED) is 0.801. The molecule has 1 aliphatic rings. The summed E-state index contributed by atoms with van der Waals surface area (Å²) in [4.78, 5) is 1.99. The summed E-state index contributed by atoms with van der Waals surface area (Å²) in [7, 11) is -1.57. The molecule has 1 fully saturated rings. The van der Waals surface area contributed by atoms with Gasteiger partial charge < -0.3 is 8.94 Å². The molecular formula is C15H21N3O4S. The lowest BCUT2D eigenvalue weighted by Gasteiger charge is -2.14. The number of furan rings is 1. The third kappa shape index (κ3) is 3.65. The summed E-state index contributed by atoms with van der Waals surface area (Å²) in [5.74, 6) is 1.39. The average molecular weight is 339 g/mol. The molecule has 126 valence electrons. The predicted octanol–water partition coefficient (Wildman–Crippen LogP) is 1.99. The number of rotatable bonds is 6. The Kier molecular flexibility index (Phi) is 4.56. The standard InChI is InChI=1S/C15H21N3O4S/c1-12-9-13(16-22-12)10-17(2)11-14-5-6-15(21-14)23(19,20)18-7-3-4-8-18/h5-6,9H,3-4,7-8,10-11H2,1-2H3. The van der Waals surface area contributed by atoms with Gasteiger partial charge in [0.2, 0.25) is 5.09 Å². The topological polar surface area (TPSA) is 79.8 Å². The van der Waals surface area contributed by atoms with Crippen molar-refractivity contribution in [2.24, 2.45) is 0 Å². The summed E-state index contributed by atoms with van der Waals surface area (Å²) >= 11 is 0. The van der Waals surface area contributed by atoms with Gasteiger partial charge in [0.15, 0.2) is 0 Å². The van der Waals surface area contributed by atoms with E-state index >= 15 is 0 Å². The van der Waals surface area contributed by atoms with E-state index in [1.165, 1.54) is 10.4 Å². The first kappa shape index (κ1) is 16.2. The van der Waals surface area contributed by atoms with Crippen LogP contribution in [0.15, 0.2) is 32.2 Å². The van der Waals surface area contributed by atoms with Crippen LogP contribution in [-0.4, -0.2) is 42.9 Å². The molecule has 0 spiro atoms. The maximum absolute atomic E-state index is 12.4. The smallest absolute Gasteiger partial charge is 0.276 e. The van der Waals surface area contributed by atoms with E-state index in [4.69, 9.17) is 8.94 Å². The fraction of sp³-hybridized carbons (Fsp3) is 0.533. The van der Waals surface area contributed by atoms with Crippen LogP contribution < -0.4 is 0 Å². The van der Waals surface area contributed by atoms with Crippen LogP contribution in [0.5, 0.6) is 0 Å². The first-order chi connectivity index (χ1) is 10.9. The molecule has 0 aliphatic carbocycles. The van der Waals surface area contributed by atoms with Crippen molar-refractivity contribution in [3.05, 3.63) is 35.4 Å². The van der Waals surface area contributed by atoms with Crippen LogP contribution in [0.4, 0.5) is 0 Å². The van der Waals surface area contributed by atoms with Crippen LogP contribution in [-0.2, 0) is 23.1 Å². The van der Waals surface area contributed by atoms with Crippen LogP contribution in [0.25, 0.3) is 0 Å². The Labute approximate surface area is 135 Å². The molecule has 1 aliphatic heterocycles. The molecule has 2 aromatic rings. The third-order valence-electron chi connectivity index (χ3n) is 3.83. The molecule has 0 bridgehead atoms. The largest absolute Gasteiger partial charge is 0.447 e. The molecule has 1 saturated heterocycles. The fourth-order valence-corrected chi connectivity index (χ4v) is 4.17. The number of aromatic nitrogens is 1. The molecule has 0 unspecified atom stereocenters. The second kappa shape index (κ2) is 6.46. The van der Waals surface area contributed by atoms with E-state index < -0.39 is 10.0 Å². The van der Waals surface area contributed by atoms with E-state index in [9.17, 15) is 8.42 Å². The average Bonchev–Trinajstić information content (AvgIpc) is 3.20. The lowest BCUT2D eigenvalue weighted by Crippen LogP contribution is -2.27. The van der Waals surface area contributed by atoms with E-state index in [0.29, 0.717) is 31.9 Å². The second-order valence-corrected chi connectivity index (χ2v) is 7.80. The molecule has 0 radical (unpaired) electrons. The summed E-state index contributed by atoms with van der Waals surface area (Å²) < 4.78 is 36.9. The van der Waals surface area contributed by atoms with Gasteiger partial charge in [-0.3, -0.25) is 4.90 Å². The number of hydrogen-bond acceptors (Lipinski definition) is 6. The highest BCUT2D eigenvalue weighted by atomic mass is 32.2. The summed E-state index contributed by atoms with van der Waals surface area (Å²) in [6.07, 6.45) is 1.82. The molecule has 0 saturated carbocycles. The van der Waals surface area contributed by atoms with Crippen LogP contribution in [0.3, 0.4) is 0 Å². The predicted molar refractivity (Wildman–Crippen MR) is 83.1 cm³/mol. The number of nitrogens with zero attached hydrogens (tertiary/aromatic N) is 3. The lowest BCUT2D eigenvalue weighted by molar-refractivity contribution is 0.265. The van der Waals surface area contributed by atoms with E-state index in [0.717, 1.165) is 24.3 Å². The molecule has 3 heterocycles. The zero-order valence-corrected chi connectivity index (χ0v) is 14.2. The summed E-state index contributed by atoms with van der Waals surface area (Å²) in [6, 6.07) is 5.13. The molecule has 0 atom stereocenters. The lowest BCUT2D eigenvalue weighted by atomic mass is 10.3. The Bertz CT molecular complexity index is 759. The van der Waals surface area contributed by atoms with Crippen LogP contribution in [0.2, 0.25) is 0 Å². The van der Waals surface area contributed by atoms with Crippen molar-refractivity contribution in [2.45, 2.75) is 37.9 Å². The first-order valence-electron chi connectivity index (χ1n) is 7.65. The van der Waals surface area contributed by atoms with E-state index in [1.807, 2.05) is 24.9 Å². The number of sulfonamides is 1. The Hall–Kier alpha value is -1.64. The molecule has 23 heavy (non-hydrogen) atoms. The Morgan fingerprint density at radius 3 is 2.65 bits per heavy atom. The molecule has 3 rings (SSSR count). The van der Waals surface area contributed by atoms with Gasteiger partial charge in [-0.25, -0.2) is 8.42 Å². The summed E-state index contributed by atoms with van der Waals surface area (Å²) in [6.45, 7) is 4.10. The van der Waals surface area contributed by atoms with E-state index in [1.54, 1.807) is 6.07 Å². The minimum Gasteiger partial charge on any atom is -0.447 e. The van der Waals surface area contributed by atoms with Crippen molar-refractivity contribution in [1.82, 2.24) is 14.4 Å². The van der Waals surface area contributed by atoms with Crippen molar-refractivity contribution in [3.63, 3.8) is 0 Å². The summed E-state index contributed by atoms with van der Waals surface area (Å²) in [5.41, 5.74) is 0.835. The monoisotopic (exact) mass is 339 g/mol. The number of hydrogen-bond donors (Lipinski definition) is 0. The van der Waals surface area contributed by atoms with Crippen molar-refractivity contribution in [1.29, 1.82) is 0 Å². The SMILES string of the molecule is Cc1cc(CN(C)Cc2ccc(S(=O)(=O)N3CCCC3)o2)no1. The highest BCUT2D eigenvalue weighted by molar-refractivity contribution is 7.89. The molecule has 2 aromatic heterocycles. The minimum atomic E-state index is -3.49. The van der Waals surface area contributed by atoms with Gasteiger partial charge in [0.1, 0.15) is 11.5 Å². The van der Waals surface area contributed by atoms with Gasteiger partial charge in [0.25, 0.3) is 10.0 Å². The minimum absolute atomic E-state index is 0.0279. The van der Waals surface area contributed by atoms with E-state index in [2.05, 4.69) is 5.16 Å². The maximum atomic E-state index is 12.4.